The summed E-state index contributed by atoms with van der Waals surface area (Å²) in [5.74, 6) is -0.726. The van der Waals surface area contributed by atoms with Crippen LogP contribution in [0, 0.1) is 17.3 Å². The Labute approximate surface area is 141 Å². The van der Waals surface area contributed by atoms with E-state index < -0.39 is 11.5 Å². The van der Waals surface area contributed by atoms with Gasteiger partial charge in [-0.3, -0.25) is 0 Å². The van der Waals surface area contributed by atoms with Crippen molar-refractivity contribution in [3.63, 3.8) is 0 Å². The van der Waals surface area contributed by atoms with Crippen molar-refractivity contribution in [2.24, 2.45) is 0 Å². The van der Waals surface area contributed by atoms with E-state index in [0.717, 1.165) is 11.3 Å². The Morgan fingerprint density at radius 1 is 1.17 bits per heavy atom. The summed E-state index contributed by atoms with van der Waals surface area (Å²) >= 11 is 0.609. The molecule has 0 amide bonds. The summed E-state index contributed by atoms with van der Waals surface area (Å²) in [6.45, 7) is 0. The van der Waals surface area contributed by atoms with Crippen LogP contribution in [0.4, 0.5) is 28.9 Å². The van der Waals surface area contributed by atoms with Crippen molar-refractivity contribution in [2.75, 3.05) is 5.32 Å². The minimum Gasteiger partial charge on any atom is -0.351 e. The fourth-order valence-electron chi connectivity index (χ4n) is 2.11. The van der Waals surface area contributed by atoms with Gasteiger partial charge in [0.2, 0.25) is 5.95 Å². The van der Waals surface area contributed by atoms with Gasteiger partial charge in [0.15, 0.2) is 0 Å². The quantitative estimate of drug-likeness (QED) is 0.367. The number of nitrogens with zero attached hydrogens (tertiary/aromatic N) is 2. The highest BCUT2D eigenvalue weighted by molar-refractivity contribution is 8.00. The Hall–Kier alpha value is -2.31. The van der Waals surface area contributed by atoms with Crippen LogP contribution in [0.3, 0.4) is 0 Å². The normalized spacial score (nSPS) is 11.5. The fraction of sp³-hybridized carbons (Fsp3) is 0.0667. The molecule has 3 aromatic rings. The summed E-state index contributed by atoms with van der Waals surface area (Å²) in [5.41, 5.74) is -3.99. The fourth-order valence-corrected chi connectivity index (χ4v) is 4.04. The summed E-state index contributed by atoms with van der Waals surface area (Å²) in [4.78, 5) is 3.34. The first-order valence-corrected chi connectivity index (χ1v) is 8.11. The predicted octanol–water partition coefficient (Wildman–Crippen LogP) is 5.66. The maximum atomic E-state index is 13.7. The minimum absolute atomic E-state index is 0.0340. The van der Waals surface area contributed by atoms with Gasteiger partial charge >= 0.3 is 5.51 Å². The van der Waals surface area contributed by atoms with Gasteiger partial charge in [0.05, 0.1) is 21.0 Å². The molecule has 0 radical (unpaired) electrons. The number of thioether (sulfide) groups is 1. The Bertz CT molecular complexity index is 944. The molecule has 0 saturated carbocycles. The van der Waals surface area contributed by atoms with Gasteiger partial charge in [-0.15, -0.1) is 11.3 Å². The van der Waals surface area contributed by atoms with Crippen LogP contribution in [0.25, 0.3) is 10.1 Å². The second kappa shape index (κ2) is 6.30. The number of halogens is 4. The maximum Gasteiger partial charge on any atom is 0.446 e. The molecule has 3 nitrogen and oxygen atoms in total. The zero-order valence-corrected chi connectivity index (χ0v) is 13.3. The number of thiophene rings is 1. The van der Waals surface area contributed by atoms with E-state index in [2.05, 4.69) is 10.3 Å². The Balaban J connectivity index is 2.11. The second-order valence-electron chi connectivity index (χ2n) is 4.57. The van der Waals surface area contributed by atoms with Crippen LogP contribution in [-0.4, -0.2) is 10.5 Å². The van der Waals surface area contributed by atoms with Gasteiger partial charge in [-0.1, -0.05) is 12.1 Å². The lowest BCUT2D eigenvalue weighted by Gasteiger charge is -2.08. The second-order valence-corrected chi connectivity index (χ2v) is 6.66. The molecule has 24 heavy (non-hydrogen) atoms. The van der Waals surface area contributed by atoms with Crippen molar-refractivity contribution in [1.82, 2.24) is 4.98 Å². The van der Waals surface area contributed by atoms with Crippen molar-refractivity contribution in [3.05, 3.63) is 47.4 Å². The number of benzene rings is 1. The van der Waals surface area contributed by atoms with E-state index in [-0.39, 0.29) is 27.2 Å². The smallest absolute Gasteiger partial charge is 0.351 e. The summed E-state index contributed by atoms with van der Waals surface area (Å²) in [6, 6.07) is 9.45. The highest BCUT2D eigenvalue weighted by Crippen LogP contribution is 2.47. The van der Waals surface area contributed by atoms with E-state index in [0.29, 0.717) is 15.8 Å². The Morgan fingerprint density at radius 2 is 1.92 bits per heavy atom. The lowest BCUT2D eigenvalue weighted by molar-refractivity contribution is -0.0327. The van der Waals surface area contributed by atoms with Crippen LogP contribution in [0.2, 0.25) is 0 Å². The third-order valence-corrected chi connectivity index (χ3v) is 5.15. The monoisotopic (exact) mass is 369 g/mol. The number of hydrogen-bond acceptors (Lipinski definition) is 5. The molecule has 9 heteroatoms. The molecule has 3 rings (SSSR count). The molecule has 0 aliphatic rings. The van der Waals surface area contributed by atoms with Crippen molar-refractivity contribution < 1.29 is 17.6 Å². The summed E-state index contributed by atoms with van der Waals surface area (Å²) in [5, 5.41) is 12.2. The van der Waals surface area contributed by atoms with Gasteiger partial charge < -0.3 is 5.32 Å². The molecule has 0 saturated heterocycles. The van der Waals surface area contributed by atoms with Gasteiger partial charge in [-0.25, -0.2) is 4.98 Å². The van der Waals surface area contributed by atoms with E-state index in [1.54, 1.807) is 18.2 Å². The highest BCUT2D eigenvalue weighted by Gasteiger charge is 2.32. The Kier molecular flexibility index (Phi) is 4.34. The minimum atomic E-state index is -4.50. The van der Waals surface area contributed by atoms with E-state index in [1.165, 1.54) is 24.4 Å². The highest BCUT2D eigenvalue weighted by atomic mass is 32.2. The number of nitriles is 1. The number of rotatable bonds is 3. The lowest BCUT2D eigenvalue weighted by atomic mass is 10.2. The van der Waals surface area contributed by atoms with E-state index in [1.807, 2.05) is 0 Å². The standard InChI is InChI=1S/C15H7F4N3S2/c16-14-10(5-2-6-21-14)22-9-4-1-3-8-12(9)23-11(7-20)13(8)24-15(17,18)19/h1-6,22H. The Morgan fingerprint density at radius 3 is 2.58 bits per heavy atom. The number of fused-ring (bicyclic) bond motifs is 1. The number of anilines is 2. The molecule has 0 spiro atoms. The molecular weight excluding hydrogens is 362 g/mol. The van der Waals surface area contributed by atoms with Crippen LogP contribution in [-0.2, 0) is 0 Å². The van der Waals surface area contributed by atoms with Gasteiger partial charge in [0.1, 0.15) is 10.9 Å². The zero-order valence-electron chi connectivity index (χ0n) is 11.7. The first-order chi connectivity index (χ1) is 11.4. The molecule has 122 valence electrons. The molecule has 0 fully saturated rings. The number of nitrogens with one attached hydrogen (secondary N) is 1. The summed E-state index contributed by atoms with van der Waals surface area (Å²) < 4.78 is 52.4. The van der Waals surface area contributed by atoms with Crippen molar-refractivity contribution in [1.29, 1.82) is 5.26 Å². The van der Waals surface area contributed by atoms with Gasteiger partial charge in [0, 0.05) is 11.6 Å². The molecule has 2 aromatic heterocycles. The first-order valence-electron chi connectivity index (χ1n) is 6.48. The molecule has 0 aliphatic heterocycles. The number of aromatic nitrogens is 1. The summed E-state index contributed by atoms with van der Waals surface area (Å²) in [6.07, 6.45) is 1.29. The number of hydrogen-bond donors (Lipinski definition) is 1. The zero-order chi connectivity index (χ0) is 17.3. The molecule has 0 atom stereocenters. The third-order valence-electron chi connectivity index (χ3n) is 3.02. The molecule has 1 N–H and O–H groups in total. The van der Waals surface area contributed by atoms with E-state index >= 15 is 0 Å². The average Bonchev–Trinajstić information content (AvgIpc) is 2.87. The maximum absolute atomic E-state index is 13.7. The van der Waals surface area contributed by atoms with Crippen LogP contribution < -0.4 is 5.32 Å². The molecule has 2 heterocycles. The molecule has 0 aliphatic carbocycles. The number of pyridine rings is 1. The van der Waals surface area contributed by atoms with Crippen LogP contribution in [0.15, 0.2) is 41.4 Å². The third kappa shape index (κ3) is 3.29. The lowest BCUT2D eigenvalue weighted by Crippen LogP contribution is -1.99. The summed E-state index contributed by atoms with van der Waals surface area (Å²) in [7, 11) is 0. The largest absolute Gasteiger partial charge is 0.446 e. The SMILES string of the molecule is N#Cc1sc2c(Nc3cccnc3F)cccc2c1SC(F)(F)F. The molecule has 0 bridgehead atoms. The van der Waals surface area contributed by atoms with E-state index in [9.17, 15) is 17.6 Å². The van der Waals surface area contributed by atoms with Crippen molar-refractivity contribution in [3.8, 4) is 6.07 Å². The van der Waals surface area contributed by atoms with Gasteiger partial charge in [-0.2, -0.15) is 22.8 Å². The first kappa shape index (κ1) is 16.5. The average molecular weight is 369 g/mol. The van der Waals surface area contributed by atoms with Crippen LogP contribution >= 0.6 is 23.1 Å². The van der Waals surface area contributed by atoms with Crippen molar-refractivity contribution in [2.45, 2.75) is 10.4 Å². The topological polar surface area (TPSA) is 48.7 Å². The predicted molar refractivity (Wildman–Crippen MR) is 85.9 cm³/mol. The molecule has 0 unspecified atom stereocenters. The van der Waals surface area contributed by atoms with Crippen molar-refractivity contribution >= 4 is 44.6 Å². The van der Waals surface area contributed by atoms with Gasteiger partial charge in [-0.05, 0) is 30.0 Å². The van der Waals surface area contributed by atoms with Gasteiger partial charge in [0.25, 0.3) is 0 Å². The molecular formula is C15H7F4N3S2. The van der Waals surface area contributed by atoms with Crippen LogP contribution in [0.1, 0.15) is 4.88 Å². The van der Waals surface area contributed by atoms with Crippen LogP contribution in [0.5, 0.6) is 0 Å². The van der Waals surface area contributed by atoms with E-state index in [4.69, 9.17) is 5.26 Å². The molecule has 1 aromatic carbocycles. The number of alkyl halides is 3.